The lowest BCUT2D eigenvalue weighted by Crippen LogP contribution is -2.44. The lowest BCUT2D eigenvalue weighted by Gasteiger charge is -2.40. The van der Waals surface area contributed by atoms with Gasteiger partial charge < -0.3 is 16.2 Å². The topological polar surface area (TPSA) is 128 Å². The van der Waals surface area contributed by atoms with Crippen molar-refractivity contribution in [2.45, 2.75) is 50.3 Å². The molecule has 1 atom stereocenters. The van der Waals surface area contributed by atoms with Gasteiger partial charge in [-0.3, -0.25) is 13.9 Å². The highest BCUT2D eigenvalue weighted by molar-refractivity contribution is 8.23. The first kappa shape index (κ1) is 22.4. The van der Waals surface area contributed by atoms with E-state index in [2.05, 4.69) is 23.6 Å². The number of anilines is 2. The molecule has 6 N–H and O–H groups in total. The molecule has 2 aromatic carbocycles. The van der Waals surface area contributed by atoms with E-state index < -0.39 is 16.2 Å². The molecule has 0 saturated carbocycles. The smallest absolute Gasteiger partial charge is 0.180 e. The number of Topliss-reactive ketones (excluding diaryl/α,β-unsaturated/α-hetero) is 1. The lowest BCUT2D eigenvalue weighted by molar-refractivity contribution is -0.121. The molecule has 4 rings (SSSR count). The fourth-order valence-electron chi connectivity index (χ4n) is 4.55. The largest absolute Gasteiger partial charge is 0.506 e. The number of amidine groups is 1. The van der Waals surface area contributed by atoms with Crippen molar-refractivity contribution in [3.8, 4) is 0 Å². The van der Waals surface area contributed by atoms with Crippen LogP contribution in [0.5, 0.6) is 0 Å². The van der Waals surface area contributed by atoms with Gasteiger partial charge >= 0.3 is 0 Å². The third-order valence-corrected chi connectivity index (χ3v) is 7.72. The standard InChI is InChI=1S/C24H29N3O4S/c1-4-24(12-11-14(2)3)17-8-6-5-7-16(17)21(28)20(22(24)29)23-26-18-10-9-15(25)13-19(18)32(30,31)27-23/h5-10,13-14,28,30-31H,4,11-12,25H2,1-3H3,(H,26,27). The zero-order chi connectivity index (χ0) is 23.3. The Bertz CT molecular complexity index is 1160. The Hall–Kier alpha value is -2.81. The van der Waals surface area contributed by atoms with Crippen molar-refractivity contribution in [2.75, 3.05) is 11.1 Å². The molecule has 0 saturated heterocycles. The minimum Gasteiger partial charge on any atom is -0.506 e. The molecule has 1 aliphatic carbocycles. The summed E-state index contributed by atoms with van der Waals surface area (Å²) in [6.07, 6.45) is 1.99. The fourth-order valence-corrected chi connectivity index (χ4v) is 5.74. The first-order valence-corrected chi connectivity index (χ1v) is 12.2. The van der Waals surface area contributed by atoms with Crippen LogP contribution in [-0.2, 0) is 10.2 Å². The molecule has 0 bridgehead atoms. The monoisotopic (exact) mass is 455 g/mol. The van der Waals surface area contributed by atoms with Gasteiger partial charge in [-0.15, -0.1) is 4.40 Å². The summed E-state index contributed by atoms with van der Waals surface area (Å²) in [5, 5.41) is 14.2. The van der Waals surface area contributed by atoms with E-state index in [0.29, 0.717) is 35.7 Å². The Labute approximate surface area is 189 Å². The molecule has 1 heterocycles. The number of nitrogen functional groups attached to an aromatic ring is 1. The average molecular weight is 456 g/mol. The van der Waals surface area contributed by atoms with E-state index in [4.69, 9.17) is 5.73 Å². The van der Waals surface area contributed by atoms with Crippen LogP contribution in [0.15, 0.2) is 57.3 Å². The predicted octanol–water partition coefficient (Wildman–Crippen LogP) is 5.75. The minimum absolute atomic E-state index is 0.0169. The number of nitrogens with one attached hydrogen (secondary N) is 1. The van der Waals surface area contributed by atoms with Gasteiger partial charge in [0.05, 0.1) is 11.1 Å². The van der Waals surface area contributed by atoms with E-state index >= 15 is 0 Å². The molecule has 0 aromatic heterocycles. The number of nitrogens with two attached hydrogens (primary N) is 1. The third kappa shape index (κ3) is 3.48. The van der Waals surface area contributed by atoms with Crippen molar-refractivity contribution < 1.29 is 19.0 Å². The van der Waals surface area contributed by atoms with Crippen LogP contribution in [0.4, 0.5) is 11.4 Å². The lowest BCUT2D eigenvalue weighted by atomic mass is 9.64. The zero-order valence-electron chi connectivity index (χ0n) is 18.4. The molecule has 1 unspecified atom stereocenters. The number of aliphatic hydroxyl groups is 1. The number of nitrogens with zero attached hydrogens (tertiary/aromatic N) is 1. The molecule has 1 aliphatic heterocycles. The number of fused-ring (bicyclic) bond motifs is 2. The molecule has 2 aromatic rings. The van der Waals surface area contributed by atoms with Crippen molar-refractivity contribution in [3.63, 3.8) is 0 Å². The number of ketones is 1. The summed E-state index contributed by atoms with van der Waals surface area (Å²) >= 11 is 0. The van der Waals surface area contributed by atoms with Crippen LogP contribution < -0.4 is 11.1 Å². The number of hydrogen-bond donors (Lipinski definition) is 5. The summed E-state index contributed by atoms with van der Waals surface area (Å²) < 4.78 is 25.5. The molecule has 0 fully saturated rings. The Kier molecular flexibility index (Phi) is 5.56. The first-order valence-electron chi connectivity index (χ1n) is 10.7. The normalized spacial score (nSPS) is 22.7. The second kappa shape index (κ2) is 7.95. The van der Waals surface area contributed by atoms with E-state index in [1.54, 1.807) is 18.2 Å². The second-order valence-corrected chi connectivity index (χ2v) is 10.5. The molecular weight excluding hydrogens is 426 g/mol. The summed E-state index contributed by atoms with van der Waals surface area (Å²) in [6, 6.07) is 12.0. The van der Waals surface area contributed by atoms with Crippen LogP contribution >= 0.6 is 10.8 Å². The van der Waals surface area contributed by atoms with E-state index in [1.807, 2.05) is 25.1 Å². The summed E-state index contributed by atoms with van der Waals surface area (Å²) in [6.45, 7) is 6.19. The summed E-state index contributed by atoms with van der Waals surface area (Å²) in [5.41, 5.74) is 7.07. The van der Waals surface area contributed by atoms with Crippen LogP contribution in [0.25, 0.3) is 5.76 Å². The van der Waals surface area contributed by atoms with Gasteiger partial charge in [-0.25, -0.2) is 0 Å². The number of hydrogen-bond acceptors (Lipinski definition) is 7. The molecule has 7 nitrogen and oxygen atoms in total. The molecule has 0 amide bonds. The molecule has 0 radical (unpaired) electrons. The van der Waals surface area contributed by atoms with Gasteiger partial charge in [-0.1, -0.05) is 55.8 Å². The van der Waals surface area contributed by atoms with Crippen LogP contribution in [0.1, 0.15) is 51.2 Å². The van der Waals surface area contributed by atoms with Gasteiger partial charge in [-0.2, -0.15) is 0 Å². The minimum atomic E-state index is -3.61. The zero-order valence-corrected chi connectivity index (χ0v) is 19.2. The molecule has 170 valence electrons. The van der Waals surface area contributed by atoms with E-state index in [0.717, 1.165) is 12.0 Å². The van der Waals surface area contributed by atoms with Gasteiger partial charge in [0.2, 0.25) is 0 Å². The maximum Gasteiger partial charge on any atom is 0.180 e. The Morgan fingerprint density at radius 2 is 1.91 bits per heavy atom. The van der Waals surface area contributed by atoms with Crippen molar-refractivity contribution in [1.29, 1.82) is 0 Å². The highest BCUT2D eigenvalue weighted by Gasteiger charge is 2.48. The molecule has 0 spiro atoms. The van der Waals surface area contributed by atoms with Crippen LogP contribution in [-0.4, -0.2) is 25.8 Å². The fraction of sp³-hybridized carbons (Fsp3) is 0.333. The Morgan fingerprint density at radius 1 is 1.19 bits per heavy atom. The van der Waals surface area contributed by atoms with Crippen molar-refractivity contribution >= 4 is 39.5 Å². The highest BCUT2D eigenvalue weighted by atomic mass is 32.3. The van der Waals surface area contributed by atoms with E-state index in [1.165, 1.54) is 6.07 Å². The number of aliphatic hydroxyl groups excluding tert-OH is 1. The maximum absolute atomic E-state index is 14.0. The Balaban J connectivity index is 1.90. The highest BCUT2D eigenvalue weighted by Crippen LogP contribution is 2.57. The number of benzene rings is 2. The number of carbonyl (C=O) groups is 1. The van der Waals surface area contributed by atoms with Crippen molar-refractivity contribution in [3.05, 3.63) is 59.2 Å². The average Bonchev–Trinajstić information content (AvgIpc) is 2.74. The molecular formula is C24H29N3O4S. The van der Waals surface area contributed by atoms with E-state index in [9.17, 15) is 19.0 Å². The summed E-state index contributed by atoms with van der Waals surface area (Å²) in [4.78, 5) is 14.2. The van der Waals surface area contributed by atoms with Crippen molar-refractivity contribution in [1.82, 2.24) is 0 Å². The van der Waals surface area contributed by atoms with Gasteiger partial charge in [0, 0.05) is 11.3 Å². The number of carbonyl (C=O) groups excluding carboxylic acids is 1. The van der Waals surface area contributed by atoms with Crippen LogP contribution in [0.2, 0.25) is 0 Å². The van der Waals surface area contributed by atoms with Gasteiger partial charge in [0.15, 0.2) is 11.6 Å². The van der Waals surface area contributed by atoms with Gasteiger partial charge in [-0.05, 0) is 48.9 Å². The van der Waals surface area contributed by atoms with E-state index in [-0.39, 0.29) is 27.8 Å². The third-order valence-electron chi connectivity index (χ3n) is 6.36. The molecule has 8 heteroatoms. The maximum atomic E-state index is 14.0. The van der Waals surface area contributed by atoms with Gasteiger partial charge in [0.25, 0.3) is 0 Å². The second-order valence-electron chi connectivity index (χ2n) is 8.81. The SMILES string of the molecule is CCC1(CCC(C)C)C(=O)C(C2=NS(O)(O)c3cc(N)ccc3N2)=C(O)c2ccccc21. The quantitative estimate of drug-likeness (QED) is 0.365. The number of rotatable bonds is 5. The predicted molar refractivity (Wildman–Crippen MR) is 130 cm³/mol. The van der Waals surface area contributed by atoms with Crippen LogP contribution in [0, 0.1) is 5.92 Å². The van der Waals surface area contributed by atoms with Crippen LogP contribution in [0.3, 0.4) is 0 Å². The summed E-state index contributed by atoms with van der Waals surface area (Å²) in [7, 11) is -3.61. The Morgan fingerprint density at radius 3 is 2.59 bits per heavy atom. The van der Waals surface area contributed by atoms with Crippen molar-refractivity contribution in [2.24, 2.45) is 10.3 Å². The molecule has 32 heavy (non-hydrogen) atoms. The molecule has 2 aliphatic rings. The summed E-state index contributed by atoms with van der Waals surface area (Å²) in [5.74, 6) is -0.116. The first-order chi connectivity index (χ1) is 15.1. The van der Waals surface area contributed by atoms with Gasteiger partial charge in [0.1, 0.15) is 16.2 Å².